The highest BCUT2D eigenvalue weighted by molar-refractivity contribution is 5.60. The molecule has 5 heteroatoms. The third-order valence-corrected chi connectivity index (χ3v) is 2.88. The van der Waals surface area contributed by atoms with Crippen LogP contribution in [0.1, 0.15) is 0 Å². The van der Waals surface area contributed by atoms with Gasteiger partial charge in [0, 0.05) is 50.2 Å². The van der Waals surface area contributed by atoms with Crippen LogP contribution in [0.25, 0.3) is 11.3 Å². The number of nitrogens with one attached hydrogen (secondary N) is 1. The van der Waals surface area contributed by atoms with Gasteiger partial charge in [0.05, 0.1) is 0 Å². The van der Waals surface area contributed by atoms with Gasteiger partial charge in [-0.1, -0.05) is 5.16 Å². The van der Waals surface area contributed by atoms with E-state index < -0.39 is 0 Å². The molecule has 2 aromatic heterocycles. The Bertz CT molecular complexity index is 476. The second kappa shape index (κ2) is 4.55. The summed E-state index contributed by atoms with van der Waals surface area (Å²) in [7, 11) is 0. The Kier molecular flexibility index (Phi) is 2.75. The topological polar surface area (TPSA) is 54.2 Å². The van der Waals surface area contributed by atoms with Gasteiger partial charge in [0.2, 0.25) is 5.88 Å². The number of nitrogens with zero attached hydrogens (tertiary/aromatic N) is 3. The fraction of sp³-hybridized carbons (Fsp3) is 0.333. The lowest BCUT2D eigenvalue weighted by atomic mass is 10.2. The van der Waals surface area contributed by atoms with Crippen molar-refractivity contribution < 1.29 is 4.52 Å². The molecular formula is C12H14N4O. The average Bonchev–Trinajstić information content (AvgIpc) is 2.90. The monoisotopic (exact) mass is 230 g/mol. The Morgan fingerprint density at radius 2 is 2.18 bits per heavy atom. The van der Waals surface area contributed by atoms with Crippen LogP contribution in [0, 0.1) is 0 Å². The maximum Gasteiger partial charge on any atom is 0.227 e. The van der Waals surface area contributed by atoms with Gasteiger partial charge >= 0.3 is 0 Å². The van der Waals surface area contributed by atoms with Crippen LogP contribution in [0.3, 0.4) is 0 Å². The predicted octanol–water partition coefficient (Wildman–Crippen LogP) is 1.15. The van der Waals surface area contributed by atoms with E-state index >= 15 is 0 Å². The standard InChI is InChI=1S/C12H14N4O/c1-2-10(9-14-3-1)11-8-12(17-15-11)16-6-4-13-5-7-16/h1-3,8-9,13H,4-7H2. The summed E-state index contributed by atoms with van der Waals surface area (Å²) in [6, 6.07) is 5.85. The molecule has 1 aliphatic heterocycles. The van der Waals surface area contributed by atoms with Gasteiger partial charge in [0.1, 0.15) is 5.69 Å². The van der Waals surface area contributed by atoms with E-state index in [1.165, 1.54) is 0 Å². The van der Waals surface area contributed by atoms with E-state index in [2.05, 4.69) is 20.4 Å². The first-order chi connectivity index (χ1) is 8.43. The quantitative estimate of drug-likeness (QED) is 0.838. The highest BCUT2D eigenvalue weighted by Gasteiger charge is 2.15. The van der Waals surface area contributed by atoms with E-state index in [-0.39, 0.29) is 0 Å². The molecule has 0 atom stereocenters. The molecule has 2 aromatic rings. The summed E-state index contributed by atoms with van der Waals surface area (Å²) in [5.41, 5.74) is 1.82. The van der Waals surface area contributed by atoms with E-state index in [1.807, 2.05) is 18.2 Å². The number of pyridine rings is 1. The maximum absolute atomic E-state index is 5.38. The minimum atomic E-state index is 0.838. The van der Waals surface area contributed by atoms with Gasteiger partial charge in [-0.2, -0.15) is 0 Å². The Hall–Kier alpha value is -1.88. The molecule has 88 valence electrons. The molecular weight excluding hydrogens is 216 g/mol. The highest BCUT2D eigenvalue weighted by atomic mass is 16.5. The van der Waals surface area contributed by atoms with Crippen molar-refractivity contribution in [3.63, 3.8) is 0 Å². The number of rotatable bonds is 2. The molecule has 0 unspecified atom stereocenters. The Morgan fingerprint density at radius 3 is 2.94 bits per heavy atom. The number of piperazine rings is 1. The lowest BCUT2D eigenvalue weighted by molar-refractivity contribution is 0.409. The molecule has 1 N–H and O–H groups in total. The van der Waals surface area contributed by atoms with Crippen molar-refractivity contribution in [1.29, 1.82) is 0 Å². The van der Waals surface area contributed by atoms with Crippen LogP contribution in [-0.4, -0.2) is 36.3 Å². The third-order valence-electron chi connectivity index (χ3n) is 2.88. The molecule has 0 radical (unpaired) electrons. The summed E-state index contributed by atoms with van der Waals surface area (Å²) in [4.78, 5) is 6.28. The molecule has 0 aromatic carbocycles. The lowest BCUT2D eigenvalue weighted by Crippen LogP contribution is -2.43. The van der Waals surface area contributed by atoms with Crippen LogP contribution in [0.4, 0.5) is 5.88 Å². The molecule has 17 heavy (non-hydrogen) atoms. The Morgan fingerprint density at radius 1 is 1.29 bits per heavy atom. The Balaban J connectivity index is 1.83. The molecule has 3 heterocycles. The van der Waals surface area contributed by atoms with Gasteiger partial charge in [0.15, 0.2) is 0 Å². The van der Waals surface area contributed by atoms with E-state index in [1.54, 1.807) is 12.4 Å². The van der Waals surface area contributed by atoms with E-state index in [4.69, 9.17) is 4.52 Å². The molecule has 0 bridgehead atoms. The van der Waals surface area contributed by atoms with Gasteiger partial charge in [-0.25, -0.2) is 0 Å². The van der Waals surface area contributed by atoms with Crippen LogP contribution in [0.15, 0.2) is 35.1 Å². The normalized spacial score (nSPS) is 16.1. The van der Waals surface area contributed by atoms with Gasteiger partial charge < -0.3 is 14.7 Å². The largest absolute Gasteiger partial charge is 0.338 e. The van der Waals surface area contributed by atoms with Crippen LogP contribution in [-0.2, 0) is 0 Å². The molecule has 1 saturated heterocycles. The SMILES string of the molecule is c1cncc(-c2cc(N3CCNCC3)on2)c1. The number of hydrogen-bond acceptors (Lipinski definition) is 5. The van der Waals surface area contributed by atoms with Gasteiger partial charge in [0.25, 0.3) is 0 Å². The summed E-state index contributed by atoms with van der Waals surface area (Å²) in [6.07, 6.45) is 3.54. The molecule has 0 spiro atoms. The molecule has 0 amide bonds. The smallest absolute Gasteiger partial charge is 0.227 e. The van der Waals surface area contributed by atoms with Crippen molar-refractivity contribution in [2.45, 2.75) is 0 Å². The van der Waals surface area contributed by atoms with Crippen molar-refractivity contribution in [1.82, 2.24) is 15.5 Å². The fourth-order valence-corrected chi connectivity index (χ4v) is 1.95. The third kappa shape index (κ3) is 2.14. The maximum atomic E-state index is 5.38. The highest BCUT2D eigenvalue weighted by Crippen LogP contribution is 2.23. The summed E-state index contributed by atoms with van der Waals surface area (Å²) in [5.74, 6) is 0.838. The van der Waals surface area contributed by atoms with Gasteiger partial charge in [-0.05, 0) is 12.1 Å². The number of hydrogen-bond donors (Lipinski definition) is 1. The minimum absolute atomic E-state index is 0.838. The van der Waals surface area contributed by atoms with Crippen molar-refractivity contribution in [3.05, 3.63) is 30.6 Å². The zero-order valence-corrected chi connectivity index (χ0v) is 9.47. The van der Waals surface area contributed by atoms with E-state index in [0.29, 0.717) is 0 Å². The molecule has 1 fully saturated rings. The van der Waals surface area contributed by atoms with Gasteiger partial charge in [-0.3, -0.25) is 4.98 Å². The number of anilines is 1. The lowest BCUT2D eigenvalue weighted by Gasteiger charge is -2.25. The average molecular weight is 230 g/mol. The summed E-state index contributed by atoms with van der Waals surface area (Å²) in [6.45, 7) is 3.90. The predicted molar refractivity (Wildman–Crippen MR) is 64.8 cm³/mol. The minimum Gasteiger partial charge on any atom is -0.338 e. The molecule has 5 nitrogen and oxygen atoms in total. The van der Waals surface area contributed by atoms with Gasteiger partial charge in [-0.15, -0.1) is 0 Å². The molecule has 0 aliphatic carbocycles. The Labute approximate surface area is 99.4 Å². The first-order valence-electron chi connectivity index (χ1n) is 5.76. The molecule has 0 saturated carbocycles. The van der Waals surface area contributed by atoms with Crippen LogP contribution >= 0.6 is 0 Å². The number of aromatic nitrogens is 2. The van der Waals surface area contributed by atoms with Crippen molar-refractivity contribution in [2.75, 3.05) is 31.1 Å². The second-order valence-corrected chi connectivity index (χ2v) is 4.03. The summed E-state index contributed by atoms with van der Waals surface area (Å²) < 4.78 is 5.38. The van der Waals surface area contributed by atoms with Crippen molar-refractivity contribution in [2.24, 2.45) is 0 Å². The van der Waals surface area contributed by atoms with Crippen LogP contribution in [0.2, 0.25) is 0 Å². The summed E-state index contributed by atoms with van der Waals surface area (Å²) >= 11 is 0. The summed E-state index contributed by atoms with van der Waals surface area (Å²) in [5, 5.41) is 7.39. The van der Waals surface area contributed by atoms with Crippen LogP contribution < -0.4 is 10.2 Å². The van der Waals surface area contributed by atoms with E-state index in [9.17, 15) is 0 Å². The zero-order valence-electron chi connectivity index (χ0n) is 9.47. The zero-order chi connectivity index (χ0) is 11.5. The second-order valence-electron chi connectivity index (χ2n) is 4.03. The molecule has 3 rings (SSSR count). The fourth-order valence-electron chi connectivity index (χ4n) is 1.95. The van der Waals surface area contributed by atoms with Crippen molar-refractivity contribution >= 4 is 5.88 Å². The molecule has 1 aliphatic rings. The van der Waals surface area contributed by atoms with Crippen molar-refractivity contribution in [3.8, 4) is 11.3 Å². The first-order valence-corrected chi connectivity index (χ1v) is 5.76. The van der Waals surface area contributed by atoms with E-state index in [0.717, 1.165) is 43.3 Å². The first kappa shape index (κ1) is 10.3. The van der Waals surface area contributed by atoms with Crippen LogP contribution in [0.5, 0.6) is 0 Å².